The summed E-state index contributed by atoms with van der Waals surface area (Å²) in [5.41, 5.74) is 9.41. The van der Waals surface area contributed by atoms with Crippen LogP contribution in [0.25, 0.3) is 120 Å². The highest BCUT2D eigenvalue weighted by Crippen LogP contribution is 2.50. The lowest BCUT2D eigenvalue weighted by molar-refractivity contribution is 0.669. The smallest absolute Gasteiger partial charge is 0.164 e. The summed E-state index contributed by atoms with van der Waals surface area (Å²) in [5, 5.41) is 9.38. The Bertz CT molecular complexity index is 3310. The van der Waals surface area contributed by atoms with Crippen LogP contribution in [0.2, 0.25) is 0 Å². The summed E-state index contributed by atoms with van der Waals surface area (Å²) in [6, 6.07) is 53.8. The third-order valence-electron chi connectivity index (χ3n) is 10.6. The van der Waals surface area contributed by atoms with Gasteiger partial charge in [0.2, 0.25) is 0 Å². The first-order chi connectivity index (χ1) is 25.7. The maximum absolute atomic E-state index is 6.62. The van der Waals surface area contributed by atoms with E-state index in [9.17, 15) is 0 Å². The average Bonchev–Trinajstić information content (AvgIpc) is 3.86. The van der Waals surface area contributed by atoms with Crippen LogP contribution in [0.1, 0.15) is 0 Å². The molecule has 0 bridgehead atoms. The second-order valence-electron chi connectivity index (χ2n) is 13.6. The molecule has 0 atom stereocenters. The zero-order chi connectivity index (χ0) is 33.9. The molecule has 12 rings (SSSR count). The lowest BCUT2D eigenvalue weighted by Crippen LogP contribution is -2.00. The molecule has 0 saturated carbocycles. The van der Waals surface area contributed by atoms with Crippen LogP contribution in [0.4, 0.5) is 0 Å². The van der Waals surface area contributed by atoms with Gasteiger partial charge in [0.1, 0.15) is 11.2 Å². The fraction of sp³-hybridized carbons (Fsp3) is 0. The molecule has 1 aliphatic carbocycles. The maximum atomic E-state index is 6.62. The number of benzene rings is 8. The van der Waals surface area contributed by atoms with E-state index in [2.05, 4.69) is 140 Å². The highest BCUT2D eigenvalue weighted by atomic mass is 32.1. The molecule has 0 radical (unpaired) electrons. The van der Waals surface area contributed by atoms with Crippen LogP contribution >= 0.6 is 11.3 Å². The molecular formula is C47H25N3OS. The summed E-state index contributed by atoms with van der Waals surface area (Å²) in [7, 11) is 0. The van der Waals surface area contributed by atoms with Crippen molar-refractivity contribution in [3.63, 3.8) is 0 Å². The molecule has 1 aliphatic rings. The Morgan fingerprint density at radius 1 is 0.365 bits per heavy atom. The van der Waals surface area contributed by atoms with Gasteiger partial charge in [0.05, 0.1) is 0 Å². The van der Waals surface area contributed by atoms with Crippen molar-refractivity contribution in [3.05, 3.63) is 152 Å². The molecule has 0 spiro atoms. The Hall–Kier alpha value is -6.69. The van der Waals surface area contributed by atoms with Gasteiger partial charge in [0.25, 0.3) is 0 Å². The summed E-state index contributed by atoms with van der Waals surface area (Å²) < 4.78 is 9.14. The van der Waals surface area contributed by atoms with E-state index in [1.54, 1.807) is 0 Å². The Labute approximate surface area is 301 Å². The molecule has 0 saturated heterocycles. The highest BCUT2D eigenvalue weighted by Gasteiger charge is 2.25. The highest BCUT2D eigenvalue weighted by molar-refractivity contribution is 7.25. The minimum absolute atomic E-state index is 0.614. The Morgan fingerprint density at radius 2 is 1.02 bits per heavy atom. The van der Waals surface area contributed by atoms with E-state index in [-0.39, 0.29) is 0 Å². The maximum Gasteiger partial charge on any atom is 0.164 e. The van der Waals surface area contributed by atoms with Gasteiger partial charge in [-0.2, -0.15) is 0 Å². The second-order valence-corrected chi connectivity index (χ2v) is 14.6. The molecule has 0 N–H and O–H groups in total. The number of fused-ring (bicyclic) bond motifs is 10. The van der Waals surface area contributed by atoms with Crippen LogP contribution in [0.5, 0.6) is 0 Å². The van der Waals surface area contributed by atoms with Gasteiger partial charge in [0, 0.05) is 47.6 Å². The van der Waals surface area contributed by atoms with Crippen LogP contribution in [-0.4, -0.2) is 15.0 Å². The van der Waals surface area contributed by atoms with Crippen molar-refractivity contribution in [1.29, 1.82) is 0 Å². The topological polar surface area (TPSA) is 51.8 Å². The van der Waals surface area contributed by atoms with Crippen molar-refractivity contribution in [2.45, 2.75) is 0 Å². The first-order valence-corrected chi connectivity index (χ1v) is 18.2. The van der Waals surface area contributed by atoms with E-state index in [1.807, 2.05) is 23.5 Å². The van der Waals surface area contributed by atoms with Gasteiger partial charge in [-0.1, -0.05) is 103 Å². The summed E-state index contributed by atoms with van der Waals surface area (Å²) in [5.74, 6) is 1.88. The molecule has 8 aromatic carbocycles. The van der Waals surface area contributed by atoms with E-state index >= 15 is 0 Å². The fourth-order valence-corrected chi connectivity index (χ4v) is 9.33. The van der Waals surface area contributed by atoms with Gasteiger partial charge in [-0.3, -0.25) is 0 Å². The number of hydrogen-bond donors (Lipinski definition) is 0. The lowest BCUT2D eigenvalue weighted by atomic mass is 9.99. The predicted octanol–water partition coefficient (Wildman–Crippen LogP) is 13.1. The molecule has 240 valence electrons. The number of hydrogen-bond acceptors (Lipinski definition) is 5. The zero-order valence-corrected chi connectivity index (χ0v) is 28.4. The summed E-state index contributed by atoms with van der Waals surface area (Å²) >= 11 is 1.81. The van der Waals surface area contributed by atoms with E-state index in [0.717, 1.165) is 44.0 Å². The van der Waals surface area contributed by atoms with E-state index in [4.69, 9.17) is 19.4 Å². The third-order valence-corrected chi connectivity index (χ3v) is 11.8. The largest absolute Gasteiger partial charge is 0.456 e. The van der Waals surface area contributed by atoms with E-state index < -0.39 is 0 Å². The third kappa shape index (κ3) is 3.99. The number of nitrogens with zero attached hydrogens (tertiary/aromatic N) is 3. The second kappa shape index (κ2) is 10.4. The Balaban J connectivity index is 1.11. The lowest BCUT2D eigenvalue weighted by Gasteiger charge is -2.10. The minimum Gasteiger partial charge on any atom is -0.456 e. The van der Waals surface area contributed by atoms with Crippen LogP contribution in [0, 0.1) is 0 Å². The van der Waals surface area contributed by atoms with Crippen LogP contribution < -0.4 is 0 Å². The van der Waals surface area contributed by atoms with Gasteiger partial charge in [-0.25, -0.2) is 15.0 Å². The molecule has 0 aliphatic heterocycles. The number of aromatic nitrogens is 3. The summed E-state index contributed by atoms with van der Waals surface area (Å²) in [4.78, 5) is 15.6. The van der Waals surface area contributed by atoms with Crippen molar-refractivity contribution in [2.24, 2.45) is 0 Å². The van der Waals surface area contributed by atoms with Crippen molar-refractivity contribution in [2.75, 3.05) is 0 Å². The molecule has 0 unspecified atom stereocenters. The van der Waals surface area contributed by atoms with Crippen molar-refractivity contribution in [3.8, 4) is 56.4 Å². The van der Waals surface area contributed by atoms with Gasteiger partial charge in [-0.05, 0) is 92.3 Å². The van der Waals surface area contributed by atoms with E-state index in [1.165, 1.54) is 58.6 Å². The fourth-order valence-electron chi connectivity index (χ4n) is 8.24. The van der Waals surface area contributed by atoms with Crippen molar-refractivity contribution < 1.29 is 4.42 Å². The number of thiophene rings is 1. The summed E-state index contributed by atoms with van der Waals surface area (Å²) in [6.07, 6.45) is 0. The predicted molar refractivity (Wildman–Crippen MR) is 216 cm³/mol. The van der Waals surface area contributed by atoms with Crippen molar-refractivity contribution in [1.82, 2.24) is 15.0 Å². The first-order valence-electron chi connectivity index (χ1n) is 17.4. The molecule has 5 heteroatoms. The van der Waals surface area contributed by atoms with Crippen molar-refractivity contribution >= 4 is 75.0 Å². The molecule has 4 nitrogen and oxygen atoms in total. The molecule has 0 amide bonds. The number of furan rings is 1. The van der Waals surface area contributed by atoms with Gasteiger partial charge in [0.15, 0.2) is 17.5 Å². The van der Waals surface area contributed by atoms with Gasteiger partial charge >= 0.3 is 0 Å². The minimum atomic E-state index is 0.614. The SMILES string of the molecule is c1ccc2cc(-c3nc(-c4ccc5sc6ccccc6c5c4)nc(-c4cccc5oc6cc7c(cc6c45)-c4cccc5cccc-7c45)n3)ccc2c1. The molecular weight excluding hydrogens is 655 g/mol. The molecule has 3 heterocycles. The van der Waals surface area contributed by atoms with E-state index in [0.29, 0.717) is 17.5 Å². The van der Waals surface area contributed by atoms with Crippen LogP contribution in [0.15, 0.2) is 156 Å². The monoisotopic (exact) mass is 679 g/mol. The Morgan fingerprint density at radius 3 is 1.88 bits per heavy atom. The quantitative estimate of drug-likeness (QED) is 0.186. The van der Waals surface area contributed by atoms with Crippen LogP contribution in [-0.2, 0) is 0 Å². The molecule has 3 aromatic heterocycles. The normalized spacial score (nSPS) is 12.2. The Kier molecular flexibility index (Phi) is 5.62. The zero-order valence-electron chi connectivity index (χ0n) is 27.6. The average molecular weight is 680 g/mol. The van der Waals surface area contributed by atoms with Gasteiger partial charge < -0.3 is 4.42 Å². The summed E-state index contributed by atoms with van der Waals surface area (Å²) in [6.45, 7) is 0. The van der Waals surface area contributed by atoms with Gasteiger partial charge in [-0.15, -0.1) is 11.3 Å². The molecule has 0 fully saturated rings. The molecule has 52 heavy (non-hydrogen) atoms. The standard InChI is InChI=1S/C47H25N3OS/c1-2-9-28-22-29(19-18-26(28)8-1)45-48-46(30-20-21-42-37(23-30)31-12-3-4-17-41(31)52-42)50-47(49-45)34-15-7-16-39-44(34)38-24-35-32-13-5-10-27-11-6-14-33(43(27)32)36(35)25-40(38)51-39/h1-25H. The number of rotatable bonds is 3. The first kappa shape index (κ1) is 28.1. The molecule has 11 aromatic rings. The van der Waals surface area contributed by atoms with Crippen LogP contribution in [0.3, 0.4) is 0 Å².